The Balaban J connectivity index is 2.10. The fraction of sp³-hybridized carbons (Fsp3) is 0.125. The van der Waals surface area contributed by atoms with Crippen LogP contribution in [0.3, 0.4) is 0 Å². The van der Waals surface area contributed by atoms with Gasteiger partial charge in [0.25, 0.3) is 0 Å². The molecule has 0 amide bonds. The lowest BCUT2D eigenvalue weighted by Gasteiger charge is -2.13. The van der Waals surface area contributed by atoms with Crippen molar-refractivity contribution < 1.29 is 9.18 Å². The molecule has 0 aliphatic rings. The second-order valence-corrected chi connectivity index (χ2v) is 5.08. The number of anilines is 2. The van der Waals surface area contributed by atoms with Gasteiger partial charge in [0.15, 0.2) is 10.9 Å². The zero-order chi connectivity index (χ0) is 15.4. The zero-order valence-corrected chi connectivity index (χ0v) is 12.6. The molecule has 2 N–H and O–H groups in total. The molecule has 3 nitrogen and oxygen atoms in total. The van der Waals surface area contributed by atoms with Crippen LogP contribution in [0.15, 0.2) is 42.5 Å². The van der Waals surface area contributed by atoms with Crippen molar-refractivity contribution >= 4 is 34.5 Å². The van der Waals surface area contributed by atoms with Crippen molar-refractivity contribution in [1.29, 1.82) is 0 Å². The van der Waals surface area contributed by atoms with E-state index in [1.54, 1.807) is 30.3 Å². The van der Waals surface area contributed by atoms with E-state index in [9.17, 15) is 9.18 Å². The van der Waals surface area contributed by atoms with Gasteiger partial charge in [-0.1, -0.05) is 18.2 Å². The molecule has 2 rings (SSSR count). The van der Waals surface area contributed by atoms with E-state index in [0.717, 1.165) is 5.56 Å². The van der Waals surface area contributed by atoms with Crippen molar-refractivity contribution in [2.45, 2.75) is 13.8 Å². The molecule has 0 bridgehead atoms. The van der Waals surface area contributed by atoms with Gasteiger partial charge < -0.3 is 10.6 Å². The second-order valence-electron chi connectivity index (χ2n) is 4.68. The smallest absolute Gasteiger partial charge is 0.175 e. The Hall–Kier alpha value is -2.27. The van der Waals surface area contributed by atoms with Crippen molar-refractivity contribution in [2.75, 3.05) is 10.6 Å². The first-order chi connectivity index (χ1) is 9.95. The minimum Gasteiger partial charge on any atom is -0.332 e. The monoisotopic (exact) mass is 302 g/mol. The van der Waals surface area contributed by atoms with Crippen LogP contribution in [-0.2, 0) is 0 Å². The fourth-order valence-electron chi connectivity index (χ4n) is 1.83. The van der Waals surface area contributed by atoms with E-state index in [4.69, 9.17) is 12.2 Å². The van der Waals surface area contributed by atoms with Crippen LogP contribution in [0, 0.1) is 12.7 Å². The number of halogens is 1. The predicted molar refractivity (Wildman–Crippen MR) is 87.4 cm³/mol. The quantitative estimate of drug-likeness (QED) is 0.660. The molecule has 2 aromatic rings. The Bertz CT molecular complexity index is 700. The second kappa shape index (κ2) is 6.45. The molecule has 0 saturated heterocycles. The number of benzene rings is 2. The lowest BCUT2D eigenvalue weighted by molar-refractivity contribution is 0.101. The van der Waals surface area contributed by atoms with Crippen LogP contribution in [0.1, 0.15) is 22.8 Å². The van der Waals surface area contributed by atoms with Crippen LogP contribution in [0.5, 0.6) is 0 Å². The first-order valence-corrected chi connectivity index (χ1v) is 6.81. The number of carbonyl (C=O) groups is 1. The minimum atomic E-state index is -0.329. The van der Waals surface area contributed by atoms with Crippen LogP contribution < -0.4 is 10.6 Å². The predicted octanol–water partition coefficient (Wildman–Crippen LogP) is 4.15. The van der Waals surface area contributed by atoms with E-state index in [2.05, 4.69) is 10.6 Å². The third-order valence-electron chi connectivity index (χ3n) is 2.97. The van der Waals surface area contributed by atoms with Crippen molar-refractivity contribution in [3.05, 3.63) is 59.4 Å². The van der Waals surface area contributed by atoms with E-state index >= 15 is 0 Å². The van der Waals surface area contributed by atoms with E-state index in [1.165, 1.54) is 19.1 Å². The molecular formula is C16H15FN2OS. The Morgan fingerprint density at radius 2 is 1.90 bits per heavy atom. The van der Waals surface area contributed by atoms with Crippen molar-refractivity contribution in [3.63, 3.8) is 0 Å². The van der Waals surface area contributed by atoms with E-state index in [0.29, 0.717) is 22.1 Å². The van der Waals surface area contributed by atoms with E-state index in [1.807, 2.05) is 6.92 Å². The van der Waals surface area contributed by atoms with Gasteiger partial charge in [0.1, 0.15) is 5.82 Å². The van der Waals surface area contributed by atoms with Gasteiger partial charge in [0.2, 0.25) is 0 Å². The first-order valence-electron chi connectivity index (χ1n) is 6.41. The molecule has 0 unspecified atom stereocenters. The SMILES string of the molecule is CC(=O)c1cccc(NC(=S)Nc2cc(F)ccc2C)c1. The van der Waals surface area contributed by atoms with Crippen LogP contribution in [-0.4, -0.2) is 10.9 Å². The van der Waals surface area contributed by atoms with Gasteiger partial charge >= 0.3 is 0 Å². The molecule has 0 radical (unpaired) electrons. The molecule has 0 aliphatic heterocycles. The Kier molecular flexibility index (Phi) is 4.65. The van der Waals surface area contributed by atoms with Crippen LogP contribution >= 0.6 is 12.2 Å². The van der Waals surface area contributed by atoms with E-state index < -0.39 is 0 Å². The number of hydrogen-bond donors (Lipinski definition) is 2. The summed E-state index contributed by atoms with van der Waals surface area (Å²) in [6, 6.07) is 11.5. The molecule has 0 saturated carbocycles. The molecule has 0 spiro atoms. The highest BCUT2D eigenvalue weighted by Gasteiger charge is 2.05. The molecule has 108 valence electrons. The van der Waals surface area contributed by atoms with Crippen LogP contribution in [0.25, 0.3) is 0 Å². The van der Waals surface area contributed by atoms with E-state index in [-0.39, 0.29) is 11.6 Å². The number of thiocarbonyl (C=S) groups is 1. The normalized spacial score (nSPS) is 10.0. The molecule has 0 fully saturated rings. The van der Waals surface area contributed by atoms with Gasteiger partial charge in [-0.15, -0.1) is 0 Å². The van der Waals surface area contributed by atoms with Gasteiger partial charge in [0.05, 0.1) is 0 Å². The van der Waals surface area contributed by atoms with Crippen molar-refractivity contribution in [1.82, 2.24) is 0 Å². The van der Waals surface area contributed by atoms with Gasteiger partial charge in [-0.2, -0.15) is 0 Å². The molecule has 2 aromatic carbocycles. The van der Waals surface area contributed by atoms with Crippen LogP contribution in [0.2, 0.25) is 0 Å². The summed E-state index contributed by atoms with van der Waals surface area (Å²) in [6.45, 7) is 3.37. The number of carbonyl (C=O) groups excluding carboxylic acids is 1. The summed E-state index contributed by atoms with van der Waals surface area (Å²) < 4.78 is 13.2. The lowest BCUT2D eigenvalue weighted by atomic mass is 10.1. The first kappa shape index (κ1) is 15.1. The highest BCUT2D eigenvalue weighted by Crippen LogP contribution is 2.17. The summed E-state index contributed by atoms with van der Waals surface area (Å²) in [5.41, 5.74) is 2.80. The zero-order valence-electron chi connectivity index (χ0n) is 11.7. The summed E-state index contributed by atoms with van der Waals surface area (Å²) in [7, 11) is 0. The number of rotatable bonds is 3. The molecule has 0 heterocycles. The minimum absolute atomic E-state index is 0.0153. The molecule has 0 aliphatic carbocycles. The molecule has 0 aromatic heterocycles. The number of Topliss-reactive ketones (excluding diaryl/α,β-unsaturated/α-hetero) is 1. The Labute approximate surface area is 128 Å². The highest BCUT2D eigenvalue weighted by molar-refractivity contribution is 7.80. The summed E-state index contributed by atoms with van der Waals surface area (Å²) in [5.74, 6) is -0.344. The fourth-order valence-corrected chi connectivity index (χ4v) is 2.06. The maximum absolute atomic E-state index is 13.2. The average molecular weight is 302 g/mol. The molecule has 21 heavy (non-hydrogen) atoms. The topological polar surface area (TPSA) is 41.1 Å². The average Bonchev–Trinajstić information content (AvgIpc) is 2.43. The number of nitrogens with one attached hydrogen (secondary N) is 2. The number of ketones is 1. The summed E-state index contributed by atoms with van der Waals surface area (Å²) in [5, 5.41) is 6.26. The third-order valence-corrected chi connectivity index (χ3v) is 3.18. The summed E-state index contributed by atoms with van der Waals surface area (Å²) in [4.78, 5) is 11.3. The molecular weight excluding hydrogens is 287 g/mol. The van der Waals surface area contributed by atoms with Gasteiger partial charge in [-0.3, -0.25) is 4.79 Å². The number of hydrogen-bond acceptors (Lipinski definition) is 2. The Morgan fingerprint density at radius 3 is 2.62 bits per heavy atom. The molecule has 0 atom stereocenters. The van der Waals surface area contributed by atoms with Crippen molar-refractivity contribution in [2.24, 2.45) is 0 Å². The summed E-state index contributed by atoms with van der Waals surface area (Å²) >= 11 is 5.20. The standard InChI is InChI=1S/C16H15FN2OS/c1-10-6-7-13(17)9-15(10)19-16(21)18-14-5-3-4-12(8-14)11(2)20/h3-9H,1-2H3,(H2,18,19,21). The maximum atomic E-state index is 13.2. The van der Waals surface area contributed by atoms with Gasteiger partial charge in [-0.25, -0.2) is 4.39 Å². The largest absolute Gasteiger partial charge is 0.332 e. The maximum Gasteiger partial charge on any atom is 0.175 e. The summed E-state index contributed by atoms with van der Waals surface area (Å²) in [6.07, 6.45) is 0. The van der Waals surface area contributed by atoms with Crippen molar-refractivity contribution in [3.8, 4) is 0 Å². The van der Waals surface area contributed by atoms with Gasteiger partial charge in [0, 0.05) is 16.9 Å². The van der Waals surface area contributed by atoms with Crippen LogP contribution in [0.4, 0.5) is 15.8 Å². The highest BCUT2D eigenvalue weighted by atomic mass is 32.1. The van der Waals surface area contributed by atoms with Gasteiger partial charge in [-0.05, 0) is 55.9 Å². The lowest BCUT2D eigenvalue weighted by Crippen LogP contribution is -2.19. The molecule has 5 heteroatoms. The number of aryl methyl sites for hydroxylation is 1. The Morgan fingerprint density at radius 1 is 1.14 bits per heavy atom. The third kappa shape index (κ3) is 4.10.